The Kier molecular flexibility index (Phi) is 5.19. The fourth-order valence-electron chi connectivity index (χ4n) is 1.43. The summed E-state index contributed by atoms with van der Waals surface area (Å²) in [6.45, 7) is 6.62. The lowest BCUT2D eigenvalue weighted by molar-refractivity contribution is 0.370. The molecule has 2 rings (SSSR count). The number of hydrogen-bond donors (Lipinski definition) is 2. The summed E-state index contributed by atoms with van der Waals surface area (Å²) in [6, 6.07) is 7.02. The van der Waals surface area contributed by atoms with Gasteiger partial charge in [0.05, 0.1) is 0 Å². The highest BCUT2D eigenvalue weighted by atomic mass is 15.1. The number of nitrogens with zero attached hydrogens (tertiary/aromatic N) is 1. The topological polar surface area (TPSA) is 37.0 Å². The van der Waals surface area contributed by atoms with Gasteiger partial charge in [-0.25, -0.2) is 0 Å². The van der Waals surface area contributed by atoms with Gasteiger partial charge in [-0.3, -0.25) is 4.98 Å². The predicted octanol–water partition coefficient (Wildman–Crippen LogP) is 1.04. The predicted molar refractivity (Wildman–Crippen MR) is 59.2 cm³/mol. The fraction of sp³-hybridized carbons (Fsp3) is 0.545. The van der Waals surface area contributed by atoms with Crippen LogP contribution in [0.5, 0.6) is 0 Å². The fourth-order valence-corrected chi connectivity index (χ4v) is 1.43. The molecule has 0 aliphatic carbocycles. The SMILES string of the molecule is CC1CNCC(C)N1.c1ccncc1. The Morgan fingerprint density at radius 1 is 1.00 bits per heavy atom. The largest absolute Gasteiger partial charge is 0.314 e. The lowest BCUT2D eigenvalue weighted by Crippen LogP contribution is -2.52. The van der Waals surface area contributed by atoms with Crippen molar-refractivity contribution >= 4 is 0 Å². The monoisotopic (exact) mass is 193 g/mol. The highest BCUT2D eigenvalue weighted by molar-refractivity contribution is 4.88. The summed E-state index contributed by atoms with van der Waals surface area (Å²) in [4.78, 5) is 3.78. The third kappa shape index (κ3) is 4.94. The first-order valence-electron chi connectivity index (χ1n) is 5.11. The van der Waals surface area contributed by atoms with E-state index in [1.165, 1.54) is 0 Å². The molecule has 1 fully saturated rings. The van der Waals surface area contributed by atoms with Crippen molar-refractivity contribution in [2.75, 3.05) is 13.1 Å². The van der Waals surface area contributed by atoms with Crippen LogP contribution in [0, 0.1) is 0 Å². The van der Waals surface area contributed by atoms with Gasteiger partial charge in [0.15, 0.2) is 0 Å². The van der Waals surface area contributed by atoms with Crippen LogP contribution in [-0.4, -0.2) is 30.2 Å². The van der Waals surface area contributed by atoms with Crippen molar-refractivity contribution in [2.24, 2.45) is 0 Å². The maximum atomic E-state index is 3.78. The van der Waals surface area contributed by atoms with Crippen LogP contribution in [0.3, 0.4) is 0 Å². The van der Waals surface area contributed by atoms with Crippen molar-refractivity contribution in [3.05, 3.63) is 30.6 Å². The van der Waals surface area contributed by atoms with E-state index < -0.39 is 0 Å². The molecule has 0 amide bonds. The number of rotatable bonds is 0. The van der Waals surface area contributed by atoms with Crippen molar-refractivity contribution in [2.45, 2.75) is 25.9 Å². The number of nitrogens with one attached hydrogen (secondary N) is 2. The minimum absolute atomic E-state index is 0.652. The lowest BCUT2D eigenvalue weighted by atomic mass is 10.2. The van der Waals surface area contributed by atoms with E-state index in [1.54, 1.807) is 12.4 Å². The van der Waals surface area contributed by atoms with Gasteiger partial charge in [0.25, 0.3) is 0 Å². The van der Waals surface area contributed by atoms with Crippen LogP contribution in [0.4, 0.5) is 0 Å². The molecule has 2 N–H and O–H groups in total. The molecule has 78 valence electrons. The quantitative estimate of drug-likeness (QED) is 0.646. The molecule has 1 aliphatic heterocycles. The molecule has 1 aliphatic rings. The Morgan fingerprint density at radius 2 is 1.57 bits per heavy atom. The first-order chi connectivity index (χ1) is 6.79. The molecular formula is C11H19N3. The molecule has 2 unspecified atom stereocenters. The average Bonchev–Trinajstić information content (AvgIpc) is 2.21. The highest BCUT2D eigenvalue weighted by Gasteiger charge is 2.11. The molecule has 0 radical (unpaired) electrons. The second-order valence-corrected chi connectivity index (χ2v) is 3.65. The van der Waals surface area contributed by atoms with Crippen molar-refractivity contribution in [1.29, 1.82) is 0 Å². The van der Waals surface area contributed by atoms with Gasteiger partial charge in [-0.1, -0.05) is 6.07 Å². The molecule has 0 aromatic carbocycles. The lowest BCUT2D eigenvalue weighted by Gasteiger charge is -2.26. The van der Waals surface area contributed by atoms with Gasteiger partial charge in [-0.15, -0.1) is 0 Å². The van der Waals surface area contributed by atoms with Crippen LogP contribution >= 0.6 is 0 Å². The Hall–Kier alpha value is -0.930. The second kappa shape index (κ2) is 6.51. The Labute approximate surface area is 85.9 Å². The summed E-state index contributed by atoms with van der Waals surface area (Å²) in [6.07, 6.45) is 3.50. The summed E-state index contributed by atoms with van der Waals surface area (Å²) >= 11 is 0. The Morgan fingerprint density at radius 3 is 1.79 bits per heavy atom. The first-order valence-corrected chi connectivity index (χ1v) is 5.11. The molecular weight excluding hydrogens is 174 g/mol. The molecule has 14 heavy (non-hydrogen) atoms. The van der Waals surface area contributed by atoms with Crippen LogP contribution in [0.15, 0.2) is 30.6 Å². The second-order valence-electron chi connectivity index (χ2n) is 3.65. The molecule has 3 nitrogen and oxygen atoms in total. The Bertz CT molecular complexity index is 191. The molecule has 1 aromatic rings. The van der Waals surface area contributed by atoms with Gasteiger partial charge in [-0.05, 0) is 26.0 Å². The van der Waals surface area contributed by atoms with Crippen LogP contribution in [0.25, 0.3) is 0 Å². The minimum Gasteiger partial charge on any atom is -0.314 e. The zero-order valence-electron chi connectivity index (χ0n) is 8.90. The summed E-state index contributed by atoms with van der Waals surface area (Å²) in [7, 11) is 0. The van der Waals surface area contributed by atoms with E-state index in [0.717, 1.165) is 13.1 Å². The van der Waals surface area contributed by atoms with Gasteiger partial charge >= 0.3 is 0 Å². The normalized spacial score (nSPS) is 26.1. The summed E-state index contributed by atoms with van der Waals surface area (Å²) in [5.74, 6) is 0. The highest BCUT2D eigenvalue weighted by Crippen LogP contribution is 1.90. The van der Waals surface area contributed by atoms with Gasteiger partial charge < -0.3 is 10.6 Å². The van der Waals surface area contributed by atoms with Crippen molar-refractivity contribution < 1.29 is 0 Å². The van der Waals surface area contributed by atoms with E-state index in [2.05, 4.69) is 29.5 Å². The maximum absolute atomic E-state index is 3.78. The number of piperazine rings is 1. The smallest absolute Gasteiger partial charge is 0.0267 e. The number of pyridine rings is 1. The third-order valence-electron chi connectivity index (χ3n) is 2.04. The van der Waals surface area contributed by atoms with Gasteiger partial charge in [0.2, 0.25) is 0 Å². The zero-order valence-corrected chi connectivity index (χ0v) is 8.90. The van der Waals surface area contributed by atoms with Gasteiger partial charge in [0.1, 0.15) is 0 Å². The van der Waals surface area contributed by atoms with Crippen molar-refractivity contribution in [1.82, 2.24) is 15.6 Å². The van der Waals surface area contributed by atoms with Crippen LogP contribution in [0.1, 0.15) is 13.8 Å². The standard InChI is InChI=1S/C6H14N2.C5H5N/c1-5-3-7-4-6(2)8-5;1-2-4-6-5-3-1/h5-8H,3-4H2,1-2H3;1-5H. The average molecular weight is 193 g/mol. The third-order valence-corrected chi connectivity index (χ3v) is 2.04. The van der Waals surface area contributed by atoms with E-state index in [-0.39, 0.29) is 0 Å². The van der Waals surface area contributed by atoms with E-state index in [9.17, 15) is 0 Å². The van der Waals surface area contributed by atoms with Crippen LogP contribution in [0.2, 0.25) is 0 Å². The molecule has 1 aromatic heterocycles. The first kappa shape index (κ1) is 11.1. The summed E-state index contributed by atoms with van der Waals surface area (Å²) in [5.41, 5.74) is 0. The molecule has 2 atom stereocenters. The van der Waals surface area contributed by atoms with E-state index in [0.29, 0.717) is 12.1 Å². The maximum Gasteiger partial charge on any atom is 0.0267 e. The molecule has 3 heteroatoms. The van der Waals surface area contributed by atoms with Gasteiger partial charge in [-0.2, -0.15) is 0 Å². The van der Waals surface area contributed by atoms with Crippen molar-refractivity contribution in [3.63, 3.8) is 0 Å². The molecule has 0 saturated carbocycles. The molecule has 2 heterocycles. The minimum atomic E-state index is 0.652. The van der Waals surface area contributed by atoms with E-state index in [1.807, 2.05) is 18.2 Å². The zero-order chi connectivity index (χ0) is 10.2. The molecule has 0 spiro atoms. The molecule has 1 saturated heterocycles. The van der Waals surface area contributed by atoms with E-state index in [4.69, 9.17) is 0 Å². The van der Waals surface area contributed by atoms with E-state index >= 15 is 0 Å². The van der Waals surface area contributed by atoms with Gasteiger partial charge in [0, 0.05) is 37.6 Å². The Balaban J connectivity index is 0.000000146. The number of hydrogen-bond acceptors (Lipinski definition) is 3. The van der Waals surface area contributed by atoms with Crippen molar-refractivity contribution in [3.8, 4) is 0 Å². The summed E-state index contributed by atoms with van der Waals surface area (Å²) in [5, 5.41) is 6.74. The molecule has 0 bridgehead atoms. The van der Waals surface area contributed by atoms with Crippen LogP contribution < -0.4 is 10.6 Å². The number of aromatic nitrogens is 1. The van der Waals surface area contributed by atoms with Crippen LogP contribution in [-0.2, 0) is 0 Å². The summed E-state index contributed by atoms with van der Waals surface area (Å²) < 4.78 is 0.